The van der Waals surface area contributed by atoms with Gasteiger partial charge in [-0.3, -0.25) is 4.79 Å². The number of nitrogens with zero attached hydrogens (tertiary/aromatic N) is 2. The van der Waals surface area contributed by atoms with E-state index in [1.165, 1.54) is 0 Å². The molecular weight excluding hydrogens is 362 g/mol. The minimum atomic E-state index is -0.214. The van der Waals surface area contributed by atoms with Gasteiger partial charge in [-0.1, -0.05) is 48.0 Å². The van der Waals surface area contributed by atoms with Gasteiger partial charge in [0.25, 0.3) is 5.91 Å². The first-order chi connectivity index (χ1) is 13.2. The van der Waals surface area contributed by atoms with Gasteiger partial charge in [-0.05, 0) is 36.6 Å². The lowest BCUT2D eigenvalue weighted by Gasteiger charge is -2.31. The molecule has 1 amide bonds. The van der Waals surface area contributed by atoms with Crippen LogP contribution < -0.4 is 10.2 Å². The summed E-state index contributed by atoms with van der Waals surface area (Å²) < 4.78 is 5.50. The number of hydrogen-bond acceptors (Lipinski definition) is 4. The standard InChI is InChI=1S/C21H22ClN3O2/c1-2-27-20-9-8-16(12-17(20)22)18-13-19-21(26)24(10-11-25(19)23-18)14-15-6-4-3-5-7-15/h3-12,18-19,23H,2,13-14H2,1H3. The molecule has 6 heteroatoms. The van der Waals surface area contributed by atoms with Crippen molar-refractivity contribution in [2.75, 3.05) is 6.61 Å². The molecule has 0 aliphatic carbocycles. The summed E-state index contributed by atoms with van der Waals surface area (Å²) in [5.41, 5.74) is 5.57. The molecule has 2 unspecified atom stereocenters. The molecule has 0 bridgehead atoms. The van der Waals surface area contributed by atoms with E-state index in [1.54, 1.807) is 4.90 Å². The van der Waals surface area contributed by atoms with Crippen LogP contribution in [0.5, 0.6) is 5.75 Å². The van der Waals surface area contributed by atoms with Crippen LogP contribution >= 0.6 is 11.6 Å². The monoisotopic (exact) mass is 383 g/mol. The fourth-order valence-electron chi connectivity index (χ4n) is 3.57. The van der Waals surface area contributed by atoms with Crippen LogP contribution in [0.15, 0.2) is 60.9 Å². The highest BCUT2D eigenvalue weighted by Crippen LogP contribution is 2.34. The van der Waals surface area contributed by atoms with Gasteiger partial charge in [-0.25, -0.2) is 5.43 Å². The number of hydrogen-bond donors (Lipinski definition) is 1. The second-order valence-corrected chi connectivity index (χ2v) is 7.12. The van der Waals surface area contributed by atoms with Crippen LogP contribution in [0.4, 0.5) is 0 Å². The molecular formula is C21H22ClN3O2. The van der Waals surface area contributed by atoms with E-state index < -0.39 is 0 Å². The van der Waals surface area contributed by atoms with Crippen molar-refractivity contribution in [2.24, 2.45) is 0 Å². The molecule has 0 aromatic heterocycles. The van der Waals surface area contributed by atoms with Crippen molar-refractivity contribution >= 4 is 17.5 Å². The molecule has 4 rings (SSSR count). The zero-order valence-electron chi connectivity index (χ0n) is 15.1. The lowest BCUT2D eigenvalue weighted by molar-refractivity contribution is -0.134. The molecule has 2 aromatic rings. The van der Waals surface area contributed by atoms with Gasteiger partial charge in [-0.2, -0.15) is 0 Å². The Bertz CT molecular complexity index is 856. The minimum Gasteiger partial charge on any atom is -0.492 e. The van der Waals surface area contributed by atoms with Gasteiger partial charge in [0.05, 0.1) is 24.2 Å². The molecule has 0 spiro atoms. The second-order valence-electron chi connectivity index (χ2n) is 6.71. The summed E-state index contributed by atoms with van der Waals surface area (Å²) in [5, 5.41) is 2.49. The third-order valence-corrected chi connectivity index (χ3v) is 5.22. The summed E-state index contributed by atoms with van der Waals surface area (Å²) in [4.78, 5) is 14.7. The van der Waals surface area contributed by atoms with Crippen molar-refractivity contribution in [3.05, 3.63) is 77.1 Å². The Balaban J connectivity index is 1.47. The van der Waals surface area contributed by atoms with Crippen molar-refractivity contribution in [1.82, 2.24) is 15.3 Å². The second kappa shape index (κ2) is 7.62. The molecule has 1 fully saturated rings. The molecule has 2 aliphatic rings. The maximum atomic E-state index is 12.9. The first kappa shape index (κ1) is 17.9. The molecule has 5 nitrogen and oxygen atoms in total. The van der Waals surface area contributed by atoms with E-state index in [-0.39, 0.29) is 18.0 Å². The topological polar surface area (TPSA) is 44.8 Å². The van der Waals surface area contributed by atoms with Gasteiger partial charge < -0.3 is 14.6 Å². The highest BCUT2D eigenvalue weighted by atomic mass is 35.5. The lowest BCUT2D eigenvalue weighted by atomic mass is 10.0. The first-order valence-electron chi connectivity index (χ1n) is 9.15. The molecule has 1 N–H and O–H groups in total. The van der Waals surface area contributed by atoms with Gasteiger partial charge in [0.15, 0.2) is 0 Å². The first-order valence-corrected chi connectivity index (χ1v) is 9.53. The summed E-state index contributed by atoms with van der Waals surface area (Å²) >= 11 is 6.33. The van der Waals surface area contributed by atoms with E-state index in [9.17, 15) is 4.79 Å². The van der Waals surface area contributed by atoms with Gasteiger partial charge in [0, 0.05) is 12.4 Å². The van der Waals surface area contributed by atoms with Crippen molar-refractivity contribution in [3.8, 4) is 5.75 Å². The lowest BCUT2D eigenvalue weighted by Crippen LogP contribution is -2.47. The summed E-state index contributed by atoms with van der Waals surface area (Å²) in [6.07, 6.45) is 4.47. The van der Waals surface area contributed by atoms with Gasteiger partial charge in [-0.15, -0.1) is 0 Å². The Morgan fingerprint density at radius 1 is 1.19 bits per heavy atom. The number of rotatable bonds is 5. The van der Waals surface area contributed by atoms with E-state index in [2.05, 4.69) is 5.43 Å². The van der Waals surface area contributed by atoms with Crippen molar-refractivity contribution < 1.29 is 9.53 Å². The third kappa shape index (κ3) is 3.66. The van der Waals surface area contributed by atoms with Gasteiger partial charge in [0.1, 0.15) is 11.8 Å². The quantitative estimate of drug-likeness (QED) is 0.851. The van der Waals surface area contributed by atoms with Gasteiger partial charge in [0.2, 0.25) is 0 Å². The molecule has 2 aromatic carbocycles. The molecule has 2 heterocycles. The molecule has 2 atom stereocenters. The molecule has 0 radical (unpaired) electrons. The Morgan fingerprint density at radius 2 is 2.00 bits per heavy atom. The highest BCUT2D eigenvalue weighted by molar-refractivity contribution is 6.32. The van der Waals surface area contributed by atoms with Crippen LogP contribution in [0.25, 0.3) is 0 Å². The number of benzene rings is 2. The van der Waals surface area contributed by atoms with Crippen molar-refractivity contribution in [2.45, 2.75) is 32.0 Å². The third-order valence-electron chi connectivity index (χ3n) is 4.93. The van der Waals surface area contributed by atoms with Crippen LogP contribution in [0.1, 0.15) is 30.5 Å². The van der Waals surface area contributed by atoms with Crippen LogP contribution in [0.2, 0.25) is 5.02 Å². The highest BCUT2D eigenvalue weighted by Gasteiger charge is 2.40. The minimum absolute atomic E-state index is 0.0356. The molecule has 2 aliphatic heterocycles. The van der Waals surface area contributed by atoms with E-state index in [1.807, 2.05) is 72.9 Å². The van der Waals surface area contributed by atoms with Crippen LogP contribution in [0, 0.1) is 0 Å². The van der Waals surface area contributed by atoms with E-state index in [0.717, 1.165) is 11.1 Å². The van der Waals surface area contributed by atoms with Crippen molar-refractivity contribution in [1.29, 1.82) is 0 Å². The SMILES string of the molecule is CCOc1ccc(C2CC3C(=O)N(Cc4ccccc4)C=CN3N2)cc1Cl. The Labute approximate surface area is 164 Å². The predicted octanol–water partition coefficient (Wildman–Crippen LogP) is 3.87. The van der Waals surface area contributed by atoms with E-state index in [4.69, 9.17) is 16.3 Å². The zero-order valence-corrected chi connectivity index (χ0v) is 15.9. The average Bonchev–Trinajstić information content (AvgIpc) is 3.12. The van der Waals surface area contributed by atoms with Crippen LogP contribution in [0.3, 0.4) is 0 Å². The Kier molecular flexibility index (Phi) is 5.05. The average molecular weight is 384 g/mol. The number of nitrogens with one attached hydrogen (secondary N) is 1. The normalized spacial score (nSPS) is 21.5. The Morgan fingerprint density at radius 3 is 2.74 bits per heavy atom. The van der Waals surface area contributed by atoms with E-state index >= 15 is 0 Å². The van der Waals surface area contributed by atoms with Crippen molar-refractivity contribution in [3.63, 3.8) is 0 Å². The number of ether oxygens (including phenoxy) is 1. The Hall–Kier alpha value is -2.50. The number of amides is 1. The van der Waals surface area contributed by atoms with E-state index in [0.29, 0.717) is 30.3 Å². The summed E-state index contributed by atoms with van der Waals surface area (Å²) in [5.74, 6) is 0.789. The molecule has 1 saturated heterocycles. The predicted molar refractivity (Wildman–Crippen MR) is 105 cm³/mol. The largest absolute Gasteiger partial charge is 0.492 e. The number of carbonyl (C=O) groups excluding carboxylic acids is 1. The fourth-order valence-corrected chi connectivity index (χ4v) is 3.81. The smallest absolute Gasteiger partial charge is 0.251 e. The molecule has 27 heavy (non-hydrogen) atoms. The van der Waals surface area contributed by atoms with Gasteiger partial charge >= 0.3 is 0 Å². The van der Waals surface area contributed by atoms with Crippen LogP contribution in [-0.4, -0.2) is 28.5 Å². The number of carbonyl (C=O) groups is 1. The maximum absolute atomic E-state index is 12.9. The molecule has 0 saturated carbocycles. The summed E-state index contributed by atoms with van der Waals surface area (Å²) in [6.45, 7) is 3.09. The summed E-state index contributed by atoms with van der Waals surface area (Å²) in [6, 6.07) is 15.7. The fraction of sp³-hybridized carbons (Fsp3) is 0.286. The van der Waals surface area contributed by atoms with Crippen LogP contribution in [-0.2, 0) is 11.3 Å². The molecule has 140 valence electrons. The summed E-state index contributed by atoms with van der Waals surface area (Å²) in [7, 11) is 0. The zero-order chi connectivity index (χ0) is 18.8. The maximum Gasteiger partial charge on any atom is 0.251 e. The number of fused-ring (bicyclic) bond motifs is 1. The number of halogens is 1. The number of hydrazine groups is 1.